The number of fused-ring (bicyclic) bond motifs is 2. The van der Waals surface area contributed by atoms with Crippen molar-refractivity contribution in [3.8, 4) is 5.75 Å². The van der Waals surface area contributed by atoms with Gasteiger partial charge in [-0.3, -0.25) is 9.89 Å². The maximum absolute atomic E-state index is 6.05. The fraction of sp³-hybridized carbons (Fsp3) is 0.321. The molecule has 0 saturated carbocycles. The van der Waals surface area contributed by atoms with Crippen molar-refractivity contribution in [3.63, 3.8) is 0 Å². The lowest BCUT2D eigenvalue weighted by Gasteiger charge is -2.31. The molecule has 35 heavy (non-hydrogen) atoms. The van der Waals surface area contributed by atoms with Gasteiger partial charge < -0.3 is 9.72 Å². The van der Waals surface area contributed by atoms with Crippen LogP contribution in [0.2, 0.25) is 0 Å². The Balaban J connectivity index is 1.16. The number of aromatic nitrogens is 2. The molecule has 0 aliphatic carbocycles. The van der Waals surface area contributed by atoms with Gasteiger partial charge in [-0.1, -0.05) is 0 Å². The first-order valence-electron chi connectivity index (χ1n) is 12.3. The van der Waals surface area contributed by atoms with Crippen LogP contribution in [0.1, 0.15) is 37.8 Å². The van der Waals surface area contributed by atoms with E-state index >= 15 is 0 Å². The topological polar surface area (TPSA) is 69.1 Å². The second-order valence-electron chi connectivity index (χ2n) is 9.83. The maximum Gasteiger partial charge on any atom is 0.149 e. The number of hydrazone groups is 1. The summed E-state index contributed by atoms with van der Waals surface area (Å²) in [6.07, 6.45) is 12.5. The van der Waals surface area contributed by atoms with Crippen LogP contribution in [0.4, 0.5) is 0 Å². The summed E-state index contributed by atoms with van der Waals surface area (Å²) in [5.74, 6) is 1.73. The van der Waals surface area contributed by atoms with Gasteiger partial charge in [-0.2, -0.15) is 5.10 Å². The highest BCUT2D eigenvalue weighted by Gasteiger charge is 2.31. The molecular weight excluding hydrogens is 436 g/mol. The second-order valence-corrected chi connectivity index (χ2v) is 9.83. The number of hydrogen-bond donors (Lipinski definition) is 1. The highest BCUT2D eigenvalue weighted by Crippen LogP contribution is 2.29. The number of nitrogens with zero attached hydrogens (tertiary/aromatic N) is 5. The van der Waals surface area contributed by atoms with E-state index in [4.69, 9.17) is 9.84 Å². The van der Waals surface area contributed by atoms with E-state index in [0.29, 0.717) is 13.2 Å². The Morgan fingerprint density at radius 2 is 1.97 bits per heavy atom. The van der Waals surface area contributed by atoms with Crippen molar-refractivity contribution >= 4 is 28.3 Å². The highest BCUT2D eigenvalue weighted by atomic mass is 16.5. The monoisotopic (exact) mass is 466 g/mol. The molecule has 3 aliphatic rings. The van der Waals surface area contributed by atoms with Crippen molar-refractivity contribution in [1.82, 2.24) is 19.9 Å². The van der Waals surface area contributed by atoms with Crippen LogP contribution in [0, 0.1) is 0 Å². The average molecular weight is 467 g/mol. The van der Waals surface area contributed by atoms with Crippen LogP contribution in [0.3, 0.4) is 0 Å². The van der Waals surface area contributed by atoms with E-state index in [1.165, 1.54) is 12.8 Å². The van der Waals surface area contributed by atoms with Crippen LogP contribution in [-0.2, 0) is 0 Å². The fourth-order valence-corrected chi connectivity index (χ4v) is 5.07. The third-order valence-electron chi connectivity index (χ3n) is 7.13. The van der Waals surface area contributed by atoms with E-state index in [9.17, 15) is 0 Å². The van der Waals surface area contributed by atoms with Crippen molar-refractivity contribution in [2.45, 2.75) is 32.2 Å². The van der Waals surface area contributed by atoms with E-state index in [-0.39, 0.29) is 5.54 Å². The number of pyridine rings is 1. The predicted octanol–water partition coefficient (Wildman–Crippen LogP) is 4.85. The Labute approximate surface area is 205 Å². The summed E-state index contributed by atoms with van der Waals surface area (Å²) in [4.78, 5) is 14.8. The number of benzene rings is 1. The molecule has 7 heteroatoms. The second kappa shape index (κ2) is 8.82. The molecule has 6 rings (SSSR count). The Bertz CT molecular complexity index is 1360. The molecule has 0 amide bonds. The summed E-state index contributed by atoms with van der Waals surface area (Å²) in [5, 5.41) is 7.93. The van der Waals surface area contributed by atoms with Crippen molar-refractivity contribution in [3.05, 3.63) is 78.1 Å². The number of rotatable bonds is 6. The molecule has 5 heterocycles. The van der Waals surface area contributed by atoms with Gasteiger partial charge >= 0.3 is 0 Å². The van der Waals surface area contributed by atoms with E-state index < -0.39 is 0 Å². The molecule has 3 aliphatic heterocycles. The quantitative estimate of drug-likeness (QED) is 0.564. The zero-order valence-corrected chi connectivity index (χ0v) is 20.2. The molecule has 3 aromatic rings. The molecule has 1 saturated heterocycles. The Morgan fingerprint density at radius 3 is 2.80 bits per heavy atom. The number of H-pyrrole nitrogens is 1. The summed E-state index contributed by atoms with van der Waals surface area (Å²) in [6, 6.07) is 12.4. The number of hydrogen-bond acceptors (Lipinski definition) is 6. The van der Waals surface area contributed by atoms with Gasteiger partial charge in [0.2, 0.25) is 0 Å². The van der Waals surface area contributed by atoms with Crippen LogP contribution in [0.5, 0.6) is 5.75 Å². The molecule has 1 fully saturated rings. The molecule has 2 aromatic heterocycles. The standard InChI is InChI=1S/C28H30N6O/c1-28(2)12-3-15-33(28)16-17-35-23-6-4-20(5-7-23)24-8-9-26-29-14-11-25(34(26)32-24)22-18-21-10-13-30-27(21)31-19-22/h4-11,13,18-19H,3,12,14-17H2,1-2H3,(H,30,31). The summed E-state index contributed by atoms with van der Waals surface area (Å²) in [7, 11) is 0. The van der Waals surface area contributed by atoms with Crippen LogP contribution in [-0.4, -0.2) is 63.2 Å². The number of allylic oxidation sites excluding steroid dienone is 1. The summed E-state index contributed by atoms with van der Waals surface area (Å²) in [6.45, 7) is 8.09. The first-order chi connectivity index (χ1) is 17.1. The van der Waals surface area contributed by atoms with E-state index in [2.05, 4.69) is 58.0 Å². The van der Waals surface area contributed by atoms with Gasteiger partial charge in [0.15, 0.2) is 0 Å². The van der Waals surface area contributed by atoms with Gasteiger partial charge in [0, 0.05) is 41.0 Å². The number of likely N-dealkylation sites (tertiary alicyclic amines) is 1. The minimum atomic E-state index is 0.284. The highest BCUT2D eigenvalue weighted by molar-refractivity contribution is 6.16. The number of amidine groups is 1. The van der Waals surface area contributed by atoms with Gasteiger partial charge in [0.05, 0.1) is 18.0 Å². The molecule has 178 valence electrons. The zero-order chi connectivity index (χ0) is 23.8. The van der Waals surface area contributed by atoms with Crippen LogP contribution < -0.4 is 4.74 Å². The van der Waals surface area contributed by atoms with Gasteiger partial charge in [-0.25, -0.2) is 9.99 Å². The molecule has 0 spiro atoms. The molecule has 1 N–H and O–H groups in total. The molecule has 0 unspecified atom stereocenters. The van der Waals surface area contributed by atoms with Crippen molar-refractivity contribution in [1.29, 1.82) is 0 Å². The molecule has 0 bridgehead atoms. The smallest absolute Gasteiger partial charge is 0.149 e. The number of aliphatic imine (C=N–C) groups is 1. The van der Waals surface area contributed by atoms with E-state index in [0.717, 1.165) is 58.2 Å². The van der Waals surface area contributed by atoms with Gasteiger partial charge in [0.1, 0.15) is 23.8 Å². The Morgan fingerprint density at radius 1 is 1.09 bits per heavy atom. The van der Waals surface area contributed by atoms with Gasteiger partial charge in [-0.05, 0) is 87.9 Å². The van der Waals surface area contributed by atoms with Crippen molar-refractivity contribution in [2.75, 3.05) is 26.2 Å². The summed E-state index contributed by atoms with van der Waals surface area (Å²) < 4.78 is 6.05. The maximum atomic E-state index is 6.05. The molecule has 0 radical (unpaired) electrons. The average Bonchev–Trinajstić information content (AvgIpc) is 3.49. The van der Waals surface area contributed by atoms with Crippen LogP contribution in [0.15, 0.2) is 77.1 Å². The molecule has 0 atom stereocenters. The lowest BCUT2D eigenvalue weighted by Crippen LogP contribution is -2.40. The number of ether oxygens (including phenoxy) is 1. The summed E-state index contributed by atoms with van der Waals surface area (Å²) in [5.41, 5.74) is 5.11. The molecule has 1 aromatic carbocycles. The van der Waals surface area contributed by atoms with Crippen LogP contribution >= 0.6 is 0 Å². The van der Waals surface area contributed by atoms with E-state index in [1.54, 1.807) is 0 Å². The van der Waals surface area contributed by atoms with Crippen LogP contribution in [0.25, 0.3) is 16.7 Å². The SMILES string of the molecule is CC1(C)CCCN1CCOc1ccc(C2=NN3C(c4cnc5[nH]ccc5c4)=CCN=C3C=C2)cc1. The summed E-state index contributed by atoms with van der Waals surface area (Å²) >= 11 is 0. The first kappa shape index (κ1) is 21.8. The first-order valence-corrected chi connectivity index (χ1v) is 12.3. The third kappa shape index (κ3) is 4.28. The lowest BCUT2D eigenvalue weighted by atomic mass is 10.0. The fourth-order valence-electron chi connectivity index (χ4n) is 5.07. The molecule has 7 nitrogen and oxygen atoms in total. The Hall–Kier alpha value is -3.71. The van der Waals surface area contributed by atoms with E-state index in [1.807, 2.05) is 47.8 Å². The number of aromatic amines is 1. The predicted molar refractivity (Wildman–Crippen MR) is 141 cm³/mol. The van der Waals surface area contributed by atoms with Crippen molar-refractivity contribution in [2.24, 2.45) is 10.1 Å². The minimum absolute atomic E-state index is 0.284. The molecular formula is C28H30N6O. The van der Waals surface area contributed by atoms with Gasteiger partial charge in [-0.15, -0.1) is 0 Å². The normalized spacial score (nSPS) is 19.4. The number of nitrogens with one attached hydrogen (secondary N) is 1. The van der Waals surface area contributed by atoms with Gasteiger partial charge in [0.25, 0.3) is 0 Å². The lowest BCUT2D eigenvalue weighted by molar-refractivity contribution is 0.143. The third-order valence-corrected chi connectivity index (χ3v) is 7.13. The van der Waals surface area contributed by atoms with Crippen molar-refractivity contribution < 1.29 is 4.74 Å². The Kier molecular flexibility index (Phi) is 5.49. The zero-order valence-electron chi connectivity index (χ0n) is 20.2. The largest absolute Gasteiger partial charge is 0.492 e. The minimum Gasteiger partial charge on any atom is -0.492 e.